The highest BCUT2D eigenvalue weighted by Crippen LogP contribution is 2.19. The van der Waals surface area contributed by atoms with Gasteiger partial charge in [-0.05, 0) is 37.6 Å². The number of nitrogens with zero attached hydrogens (tertiary/aromatic N) is 1. The first kappa shape index (κ1) is 15.8. The van der Waals surface area contributed by atoms with Crippen molar-refractivity contribution in [2.24, 2.45) is 5.73 Å². The van der Waals surface area contributed by atoms with E-state index in [9.17, 15) is 4.79 Å². The van der Waals surface area contributed by atoms with E-state index in [2.05, 4.69) is 22.3 Å². The second-order valence-electron chi connectivity index (χ2n) is 5.95. The maximum Gasteiger partial charge on any atom is 0.255 e. The van der Waals surface area contributed by atoms with Crippen molar-refractivity contribution in [3.63, 3.8) is 0 Å². The molecule has 3 rings (SSSR count). The fraction of sp³-hybridized carbons (Fsp3) is 0.389. The third kappa shape index (κ3) is 4.00. The number of hydrogen-bond donors (Lipinski definition) is 2. The summed E-state index contributed by atoms with van der Waals surface area (Å²) in [5.74, 6) is 0.493. The molecule has 1 aromatic carbocycles. The zero-order valence-corrected chi connectivity index (χ0v) is 13.2. The number of likely N-dealkylation sites (tertiary alicyclic amines) is 1. The Balaban J connectivity index is 1.73. The summed E-state index contributed by atoms with van der Waals surface area (Å²) in [6, 6.07) is 11.8. The topological polar surface area (TPSA) is 71.5 Å². The molecule has 1 aromatic heterocycles. The van der Waals surface area contributed by atoms with Crippen LogP contribution in [0.1, 0.15) is 40.6 Å². The largest absolute Gasteiger partial charge is 0.467 e. The first-order valence-electron chi connectivity index (χ1n) is 8.12. The molecule has 0 spiro atoms. The summed E-state index contributed by atoms with van der Waals surface area (Å²) in [5.41, 5.74) is 7.17. The fourth-order valence-corrected chi connectivity index (χ4v) is 2.99. The van der Waals surface area contributed by atoms with Crippen molar-refractivity contribution in [1.82, 2.24) is 10.2 Å². The smallest absolute Gasteiger partial charge is 0.255 e. The molecule has 1 aliphatic heterocycles. The fourth-order valence-electron chi connectivity index (χ4n) is 2.99. The Morgan fingerprint density at radius 2 is 2.00 bits per heavy atom. The third-order valence-electron chi connectivity index (χ3n) is 4.26. The summed E-state index contributed by atoms with van der Waals surface area (Å²) in [4.78, 5) is 14.9. The van der Waals surface area contributed by atoms with Gasteiger partial charge in [0.1, 0.15) is 12.0 Å². The lowest BCUT2D eigenvalue weighted by molar-refractivity contribution is 0.0926. The van der Waals surface area contributed by atoms with Crippen molar-refractivity contribution < 1.29 is 9.21 Å². The molecule has 2 aromatic rings. The second-order valence-corrected chi connectivity index (χ2v) is 5.95. The number of hydrogen-bond acceptors (Lipinski definition) is 4. The molecule has 0 saturated carbocycles. The molecule has 1 saturated heterocycles. The number of furan rings is 1. The Bertz CT molecular complexity index is 633. The standard InChI is InChI=1S/C18H23N3O2/c19-11-16-10-15(13-23-16)18(22)20-17(12-21-8-4-5-9-21)14-6-2-1-3-7-14/h1-3,6-7,10,13,17H,4-5,8-9,11-12,19H2,(H,20,22). The molecule has 1 aliphatic rings. The van der Waals surface area contributed by atoms with E-state index in [1.807, 2.05) is 18.2 Å². The maximum absolute atomic E-state index is 12.5. The number of carbonyl (C=O) groups is 1. The highest BCUT2D eigenvalue weighted by Gasteiger charge is 2.21. The van der Waals surface area contributed by atoms with Gasteiger partial charge < -0.3 is 20.4 Å². The summed E-state index contributed by atoms with van der Waals surface area (Å²) in [6.07, 6.45) is 3.93. The summed E-state index contributed by atoms with van der Waals surface area (Å²) in [6.45, 7) is 3.32. The Labute approximate surface area is 136 Å². The molecule has 23 heavy (non-hydrogen) atoms. The molecule has 1 unspecified atom stereocenters. The summed E-state index contributed by atoms with van der Waals surface area (Å²) >= 11 is 0. The van der Waals surface area contributed by atoms with E-state index in [-0.39, 0.29) is 11.9 Å². The van der Waals surface area contributed by atoms with Gasteiger partial charge in [0.15, 0.2) is 0 Å². The first-order chi connectivity index (χ1) is 11.3. The van der Waals surface area contributed by atoms with E-state index in [0.717, 1.165) is 25.2 Å². The van der Waals surface area contributed by atoms with E-state index < -0.39 is 0 Å². The number of nitrogens with one attached hydrogen (secondary N) is 1. The van der Waals surface area contributed by atoms with Crippen LogP contribution >= 0.6 is 0 Å². The number of rotatable bonds is 6. The Hall–Kier alpha value is -2.11. The normalized spacial score (nSPS) is 16.4. The highest BCUT2D eigenvalue weighted by atomic mass is 16.3. The van der Waals surface area contributed by atoms with E-state index >= 15 is 0 Å². The molecule has 1 atom stereocenters. The zero-order chi connectivity index (χ0) is 16.1. The van der Waals surface area contributed by atoms with E-state index in [1.165, 1.54) is 19.1 Å². The van der Waals surface area contributed by atoms with Crippen LogP contribution in [-0.2, 0) is 6.54 Å². The molecular formula is C18H23N3O2. The predicted molar refractivity (Wildman–Crippen MR) is 88.9 cm³/mol. The first-order valence-corrected chi connectivity index (χ1v) is 8.12. The van der Waals surface area contributed by atoms with Crippen LogP contribution < -0.4 is 11.1 Å². The van der Waals surface area contributed by atoms with Crippen LogP contribution in [0.25, 0.3) is 0 Å². The van der Waals surface area contributed by atoms with Crippen LogP contribution in [0, 0.1) is 0 Å². The monoisotopic (exact) mass is 313 g/mol. The summed E-state index contributed by atoms with van der Waals surface area (Å²) < 4.78 is 5.26. The van der Waals surface area contributed by atoms with E-state index in [4.69, 9.17) is 10.2 Å². The number of benzene rings is 1. The second kappa shape index (κ2) is 7.44. The molecule has 3 N–H and O–H groups in total. The van der Waals surface area contributed by atoms with Crippen LogP contribution in [0.3, 0.4) is 0 Å². The lowest BCUT2D eigenvalue weighted by Gasteiger charge is -2.24. The average molecular weight is 313 g/mol. The van der Waals surface area contributed by atoms with Crippen molar-refractivity contribution in [2.45, 2.75) is 25.4 Å². The van der Waals surface area contributed by atoms with Gasteiger partial charge in [-0.1, -0.05) is 30.3 Å². The van der Waals surface area contributed by atoms with Gasteiger partial charge in [0, 0.05) is 6.54 Å². The minimum Gasteiger partial charge on any atom is -0.467 e. The average Bonchev–Trinajstić information content (AvgIpc) is 3.26. The Morgan fingerprint density at radius 1 is 1.26 bits per heavy atom. The molecular weight excluding hydrogens is 290 g/mol. The molecule has 1 fully saturated rings. The Morgan fingerprint density at radius 3 is 2.65 bits per heavy atom. The minimum absolute atomic E-state index is 0.0296. The lowest BCUT2D eigenvalue weighted by Crippen LogP contribution is -2.36. The third-order valence-corrected chi connectivity index (χ3v) is 4.26. The van der Waals surface area contributed by atoms with Gasteiger partial charge in [0.2, 0.25) is 0 Å². The Kier molecular flexibility index (Phi) is 5.10. The molecule has 0 radical (unpaired) electrons. The van der Waals surface area contributed by atoms with Gasteiger partial charge in [-0.3, -0.25) is 4.79 Å². The molecule has 122 valence electrons. The molecule has 0 bridgehead atoms. The van der Waals surface area contributed by atoms with Crippen molar-refractivity contribution in [3.05, 3.63) is 59.5 Å². The molecule has 2 heterocycles. The van der Waals surface area contributed by atoms with E-state index in [1.54, 1.807) is 6.07 Å². The van der Waals surface area contributed by atoms with Crippen LogP contribution in [0.2, 0.25) is 0 Å². The summed E-state index contributed by atoms with van der Waals surface area (Å²) in [7, 11) is 0. The number of carbonyl (C=O) groups excluding carboxylic acids is 1. The van der Waals surface area contributed by atoms with Crippen molar-refractivity contribution in [1.29, 1.82) is 0 Å². The maximum atomic E-state index is 12.5. The van der Waals surface area contributed by atoms with Gasteiger partial charge >= 0.3 is 0 Å². The molecule has 5 nitrogen and oxygen atoms in total. The van der Waals surface area contributed by atoms with Crippen LogP contribution in [0.5, 0.6) is 0 Å². The lowest BCUT2D eigenvalue weighted by atomic mass is 10.1. The van der Waals surface area contributed by atoms with Crippen LogP contribution in [0.15, 0.2) is 47.1 Å². The molecule has 0 aliphatic carbocycles. The van der Waals surface area contributed by atoms with Crippen LogP contribution in [0.4, 0.5) is 0 Å². The highest BCUT2D eigenvalue weighted by molar-refractivity contribution is 5.94. The predicted octanol–water partition coefficient (Wildman–Crippen LogP) is 2.31. The number of amides is 1. The SMILES string of the molecule is NCc1cc(C(=O)NC(CN2CCCC2)c2ccccc2)co1. The quantitative estimate of drug-likeness (QED) is 0.858. The zero-order valence-electron chi connectivity index (χ0n) is 13.2. The molecule has 1 amide bonds. The van der Waals surface area contributed by atoms with Gasteiger partial charge in [-0.15, -0.1) is 0 Å². The van der Waals surface area contributed by atoms with Crippen molar-refractivity contribution >= 4 is 5.91 Å². The van der Waals surface area contributed by atoms with Gasteiger partial charge in [-0.25, -0.2) is 0 Å². The van der Waals surface area contributed by atoms with Gasteiger partial charge in [0.05, 0.1) is 18.2 Å². The molecule has 5 heteroatoms. The van der Waals surface area contributed by atoms with Crippen molar-refractivity contribution in [2.75, 3.05) is 19.6 Å². The van der Waals surface area contributed by atoms with Crippen molar-refractivity contribution in [3.8, 4) is 0 Å². The van der Waals surface area contributed by atoms with E-state index in [0.29, 0.717) is 17.9 Å². The minimum atomic E-state index is -0.124. The van der Waals surface area contributed by atoms with Gasteiger partial charge in [-0.2, -0.15) is 0 Å². The van der Waals surface area contributed by atoms with Crippen LogP contribution in [-0.4, -0.2) is 30.4 Å². The summed E-state index contributed by atoms with van der Waals surface area (Å²) in [5, 5.41) is 3.13. The number of nitrogens with two attached hydrogens (primary N) is 1. The van der Waals surface area contributed by atoms with Gasteiger partial charge in [0.25, 0.3) is 5.91 Å².